The third-order valence-corrected chi connectivity index (χ3v) is 8.27. The molecule has 1 heterocycles. The van der Waals surface area contributed by atoms with Crippen LogP contribution in [0.15, 0.2) is 41.3 Å². The number of hydrogen-bond acceptors (Lipinski definition) is 7. The standard InChI is InChI=1S/C25H24O7S/c1-14-13-17(23(28)22-18(26)9-6-10-19(22)27)15(2)21-20(11-12-33(30,31)24(14)21)32-25(29)16-7-4-3-5-8-16/h3-5,7-8,13,20,22H,6,9-12H2,1-2H3. The quantitative estimate of drug-likeness (QED) is 0.383. The molecule has 0 aromatic heterocycles. The fourth-order valence-electron chi connectivity index (χ4n) is 4.73. The first-order valence-electron chi connectivity index (χ1n) is 10.8. The SMILES string of the molecule is Cc1cc(C(=O)C2C(=O)CCCC2=O)c(C)c2c1S(=O)(=O)CCC2OC(=O)c1ccccc1. The summed E-state index contributed by atoms with van der Waals surface area (Å²) in [4.78, 5) is 50.8. The Morgan fingerprint density at radius 3 is 2.27 bits per heavy atom. The Labute approximate surface area is 192 Å². The summed E-state index contributed by atoms with van der Waals surface area (Å²) >= 11 is 0. The van der Waals surface area contributed by atoms with Gasteiger partial charge in [0.2, 0.25) is 0 Å². The highest BCUT2D eigenvalue weighted by molar-refractivity contribution is 7.91. The monoisotopic (exact) mass is 468 g/mol. The van der Waals surface area contributed by atoms with E-state index in [4.69, 9.17) is 4.74 Å². The van der Waals surface area contributed by atoms with Crippen LogP contribution in [0.1, 0.15) is 69.2 Å². The molecule has 7 nitrogen and oxygen atoms in total. The van der Waals surface area contributed by atoms with Crippen molar-refractivity contribution in [1.29, 1.82) is 0 Å². The highest BCUT2D eigenvalue weighted by atomic mass is 32.2. The number of Topliss-reactive ketones (excluding diaryl/α,β-unsaturated/α-hetero) is 3. The normalized spacial score (nSPS) is 20.2. The molecule has 0 bridgehead atoms. The van der Waals surface area contributed by atoms with E-state index in [-0.39, 0.29) is 41.0 Å². The van der Waals surface area contributed by atoms with Gasteiger partial charge in [-0.15, -0.1) is 0 Å². The first-order valence-corrected chi connectivity index (χ1v) is 12.5. The molecule has 2 aromatic carbocycles. The van der Waals surface area contributed by atoms with Crippen LogP contribution in [0.4, 0.5) is 0 Å². The number of benzene rings is 2. The summed E-state index contributed by atoms with van der Waals surface area (Å²) in [5.74, 6) is -3.60. The topological polar surface area (TPSA) is 112 Å². The molecule has 0 N–H and O–H groups in total. The molecule has 1 aliphatic carbocycles. The number of aryl methyl sites for hydroxylation is 1. The van der Waals surface area contributed by atoms with E-state index in [2.05, 4.69) is 0 Å². The number of hydrogen-bond donors (Lipinski definition) is 0. The highest BCUT2D eigenvalue weighted by Crippen LogP contribution is 2.41. The number of rotatable bonds is 4. The van der Waals surface area contributed by atoms with Crippen molar-refractivity contribution in [3.8, 4) is 0 Å². The summed E-state index contributed by atoms with van der Waals surface area (Å²) in [5, 5.41) is 0. The molecule has 2 aliphatic rings. The molecule has 1 aliphatic heterocycles. The van der Waals surface area contributed by atoms with Crippen molar-refractivity contribution in [2.24, 2.45) is 5.92 Å². The molecule has 1 saturated carbocycles. The van der Waals surface area contributed by atoms with E-state index >= 15 is 0 Å². The maximum atomic E-state index is 13.3. The molecule has 1 unspecified atom stereocenters. The van der Waals surface area contributed by atoms with Crippen molar-refractivity contribution in [1.82, 2.24) is 0 Å². The van der Waals surface area contributed by atoms with Gasteiger partial charge in [-0.05, 0) is 49.6 Å². The second kappa shape index (κ2) is 8.67. The molecule has 0 radical (unpaired) electrons. The summed E-state index contributed by atoms with van der Waals surface area (Å²) in [5.41, 5.74) is 1.35. The van der Waals surface area contributed by atoms with Gasteiger partial charge in [-0.2, -0.15) is 0 Å². The Morgan fingerprint density at radius 2 is 1.64 bits per heavy atom. The first kappa shape index (κ1) is 23.0. The molecule has 8 heteroatoms. The van der Waals surface area contributed by atoms with Gasteiger partial charge in [0.05, 0.1) is 16.2 Å². The third-order valence-electron chi connectivity index (χ3n) is 6.33. The molecule has 0 spiro atoms. The number of carbonyl (C=O) groups is 4. The molecular weight excluding hydrogens is 444 g/mol. The molecular formula is C25H24O7S. The maximum absolute atomic E-state index is 13.3. The van der Waals surface area contributed by atoms with Crippen LogP contribution in [-0.2, 0) is 24.2 Å². The van der Waals surface area contributed by atoms with Crippen LogP contribution in [0.3, 0.4) is 0 Å². The van der Waals surface area contributed by atoms with Gasteiger partial charge in [-0.1, -0.05) is 18.2 Å². The van der Waals surface area contributed by atoms with Crippen molar-refractivity contribution >= 4 is 33.2 Å². The predicted molar refractivity (Wildman–Crippen MR) is 119 cm³/mol. The van der Waals surface area contributed by atoms with Crippen molar-refractivity contribution in [3.05, 3.63) is 64.2 Å². The van der Waals surface area contributed by atoms with E-state index in [0.717, 1.165) is 0 Å². The van der Waals surface area contributed by atoms with Crippen LogP contribution in [0.25, 0.3) is 0 Å². The number of fused-ring (bicyclic) bond motifs is 1. The first-order chi connectivity index (χ1) is 15.6. The van der Waals surface area contributed by atoms with Crippen LogP contribution < -0.4 is 0 Å². The molecule has 33 heavy (non-hydrogen) atoms. The van der Waals surface area contributed by atoms with Gasteiger partial charge in [-0.3, -0.25) is 14.4 Å². The molecule has 2 aromatic rings. The van der Waals surface area contributed by atoms with Crippen molar-refractivity contribution < 1.29 is 32.3 Å². The largest absolute Gasteiger partial charge is 0.454 e. The van der Waals surface area contributed by atoms with Crippen molar-refractivity contribution in [2.75, 3.05) is 5.75 Å². The van der Waals surface area contributed by atoms with Crippen LogP contribution >= 0.6 is 0 Å². The minimum Gasteiger partial charge on any atom is -0.454 e. The number of carbonyl (C=O) groups excluding carboxylic acids is 4. The fourth-order valence-corrected chi connectivity index (χ4v) is 6.62. The number of esters is 1. The van der Waals surface area contributed by atoms with Gasteiger partial charge in [0, 0.05) is 30.4 Å². The molecule has 0 amide bonds. The third kappa shape index (κ3) is 4.15. The molecule has 1 fully saturated rings. The number of ketones is 3. The lowest BCUT2D eigenvalue weighted by Crippen LogP contribution is -2.36. The van der Waals surface area contributed by atoms with Crippen LogP contribution in [0.5, 0.6) is 0 Å². The summed E-state index contributed by atoms with van der Waals surface area (Å²) in [6.07, 6.45) is -0.0689. The van der Waals surface area contributed by atoms with Gasteiger partial charge in [0.15, 0.2) is 27.2 Å². The van der Waals surface area contributed by atoms with Gasteiger partial charge in [0.25, 0.3) is 0 Å². The van der Waals surface area contributed by atoms with Crippen LogP contribution in [-0.4, -0.2) is 37.5 Å². The lowest BCUT2D eigenvalue weighted by Gasteiger charge is -2.30. The summed E-state index contributed by atoms with van der Waals surface area (Å²) in [6, 6.07) is 9.78. The number of sulfone groups is 1. The Hall–Kier alpha value is -3.13. The van der Waals surface area contributed by atoms with Crippen LogP contribution in [0.2, 0.25) is 0 Å². The Morgan fingerprint density at radius 1 is 1.00 bits per heavy atom. The zero-order valence-electron chi connectivity index (χ0n) is 18.4. The van der Waals surface area contributed by atoms with Gasteiger partial charge in [0.1, 0.15) is 12.0 Å². The Bertz CT molecular complexity index is 1260. The summed E-state index contributed by atoms with van der Waals surface area (Å²) in [7, 11) is -3.65. The summed E-state index contributed by atoms with van der Waals surface area (Å²) < 4.78 is 31.5. The van der Waals surface area contributed by atoms with E-state index in [0.29, 0.717) is 23.1 Å². The second-order valence-corrected chi connectivity index (χ2v) is 10.6. The van der Waals surface area contributed by atoms with E-state index < -0.39 is 45.2 Å². The molecule has 4 rings (SSSR count). The average Bonchev–Trinajstić information content (AvgIpc) is 2.77. The predicted octanol–water partition coefficient (Wildman–Crippen LogP) is 3.50. The lowest BCUT2D eigenvalue weighted by molar-refractivity contribution is -0.133. The summed E-state index contributed by atoms with van der Waals surface area (Å²) in [6.45, 7) is 3.14. The minimum absolute atomic E-state index is 0.0487. The van der Waals surface area contributed by atoms with Gasteiger partial charge >= 0.3 is 5.97 Å². The zero-order valence-corrected chi connectivity index (χ0v) is 19.2. The van der Waals surface area contributed by atoms with Gasteiger partial charge in [-0.25, -0.2) is 13.2 Å². The lowest BCUT2D eigenvalue weighted by atomic mass is 9.79. The fraction of sp³-hybridized carbons (Fsp3) is 0.360. The van der Waals surface area contributed by atoms with E-state index in [9.17, 15) is 27.6 Å². The van der Waals surface area contributed by atoms with Crippen molar-refractivity contribution in [2.45, 2.75) is 50.5 Å². The molecule has 0 saturated heterocycles. The smallest absolute Gasteiger partial charge is 0.338 e. The Kier molecular flexibility index (Phi) is 6.05. The van der Waals surface area contributed by atoms with Crippen molar-refractivity contribution in [3.63, 3.8) is 0 Å². The van der Waals surface area contributed by atoms with Crippen LogP contribution in [0, 0.1) is 19.8 Å². The van der Waals surface area contributed by atoms with E-state index in [1.807, 2.05) is 0 Å². The Balaban J connectivity index is 1.81. The number of ether oxygens (including phenoxy) is 1. The maximum Gasteiger partial charge on any atom is 0.338 e. The average molecular weight is 469 g/mol. The molecule has 1 atom stereocenters. The second-order valence-electron chi connectivity index (χ2n) is 8.56. The molecule has 172 valence electrons. The van der Waals surface area contributed by atoms with E-state index in [1.165, 1.54) is 6.07 Å². The van der Waals surface area contributed by atoms with E-state index in [1.54, 1.807) is 44.2 Å². The highest BCUT2D eigenvalue weighted by Gasteiger charge is 2.41. The zero-order chi connectivity index (χ0) is 23.9. The minimum atomic E-state index is -3.65. The van der Waals surface area contributed by atoms with Gasteiger partial charge < -0.3 is 4.74 Å².